The molecule has 0 amide bonds. The predicted molar refractivity (Wildman–Crippen MR) is 94.8 cm³/mol. The van der Waals surface area contributed by atoms with Crippen LogP contribution in [0.4, 0.5) is 0 Å². The summed E-state index contributed by atoms with van der Waals surface area (Å²) in [5.74, 6) is 2.32. The fourth-order valence-electron chi connectivity index (χ4n) is 2.73. The van der Waals surface area contributed by atoms with Crippen molar-refractivity contribution in [2.24, 2.45) is 0 Å². The number of thioether (sulfide) groups is 1. The maximum atomic E-state index is 5.48. The van der Waals surface area contributed by atoms with Gasteiger partial charge < -0.3 is 14.2 Å². The molecule has 1 atom stereocenters. The summed E-state index contributed by atoms with van der Waals surface area (Å²) in [6.07, 6.45) is 0. The lowest BCUT2D eigenvalue weighted by atomic mass is 10.2. The number of aromatic nitrogens is 4. The summed E-state index contributed by atoms with van der Waals surface area (Å²) in [4.78, 5) is 2.43. The van der Waals surface area contributed by atoms with E-state index >= 15 is 0 Å². The highest BCUT2D eigenvalue weighted by Crippen LogP contribution is 2.29. The van der Waals surface area contributed by atoms with Crippen LogP contribution in [0.25, 0.3) is 5.69 Å². The molecule has 0 unspecified atom stereocenters. The first kappa shape index (κ1) is 18.0. The van der Waals surface area contributed by atoms with Crippen LogP contribution < -0.4 is 9.47 Å². The molecule has 2 aromatic rings. The van der Waals surface area contributed by atoms with E-state index in [0.29, 0.717) is 11.8 Å². The molecule has 1 aromatic carbocycles. The van der Waals surface area contributed by atoms with Crippen LogP contribution in [-0.4, -0.2) is 77.4 Å². The number of benzene rings is 1. The van der Waals surface area contributed by atoms with Gasteiger partial charge in [0.2, 0.25) is 5.16 Å². The van der Waals surface area contributed by atoms with E-state index in [1.54, 1.807) is 30.7 Å². The number of rotatable bonds is 7. The summed E-state index contributed by atoms with van der Waals surface area (Å²) in [7, 11) is 3.26. The predicted octanol–water partition coefficient (Wildman–Crippen LogP) is 1.49. The van der Waals surface area contributed by atoms with Gasteiger partial charge >= 0.3 is 0 Å². The van der Waals surface area contributed by atoms with Crippen LogP contribution in [0.3, 0.4) is 0 Å². The zero-order chi connectivity index (χ0) is 17.6. The van der Waals surface area contributed by atoms with Crippen LogP contribution in [-0.2, 0) is 4.74 Å². The van der Waals surface area contributed by atoms with Crippen LogP contribution >= 0.6 is 11.8 Å². The first-order valence-electron chi connectivity index (χ1n) is 8.18. The third-order valence-corrected chi connectivity index (χ3v) is 5.07. The van der Waals surface area contributed by atoms with E-state index < -0.39 is 0 Å². The SMILES string of the molecule is COc1ccc(OC)c(-n2nnnc2SCCN2CCOC[C@H]2C)c1. The molecule has 25 heavy (non-hydrogen) atoms. The fraction of sp³-hybridized carbons (Fsp3) is 0.562. The molecule has 0 saturated carbocycles. The van der Waals surface area contributed by atoms with Gasteiger partial charge in [-0.15, -0.1) is 5.10 Å². The Morgan fingerprint density at radius 3 is 2.96 bits per heavy atom. The van der Waals surface area contributed by atoms with Crippen LogP contribution in [0.2, 0.25) is 0 Å². The second kappa shape index (κ2) is 8.50. The summed E-state index contributed by atoms with van der Waals surface area (Å²) in [5.41, 5.74) is 0.758. The van der Waals surface area contributed by atoms with E-state index in [2.05, 4.69) is 27.3 Å². The molecule has 1 aromatic heterocycles. The average molecular weight is 365 g/mol. The smallest absolute Gasteiger partial charge is 0.214 e. The standard InChI is InChI=1S/C16H23N5O3S/c1-12-11-24-8-6-20(12)7-9-25-16-17-18-19-21(16)14-10-13(22-2)4-5-15(14)23-3/h4-5,10,12H,6-9,11H2,1-3H3/t12-/m1/s1. The minimum Gasteiger partial charge on any atom is -0.497 e. The zero-order valence-electron chi connectivity index (χ0n) is 14.7. The van der Waals surface area contributed by atoms with Gasteiger partial charge in [-0.05, 0) is 29.5 Å². The fourth-order valence-corrected chi connectivity index (χ4v) is 3.59. The van der Waals surface area contributed by atoms with Gasteiger partial charge in [0, 0.05) is 31.0 Å². The normalized spacial score (nSPS) is 18.3. The van der Waals surface area contributed by atoms with Crippen LogP contribution in [0.15, 0.2) is 23.4 Å². The molecule has 1 aliphatic heterocycles. The van der Waals surface area contributed by atoms with Gasteiger partial charge in [-0.25, -0.2) is 0 Å². The van der Waals surface area contributed by atoms with Gasteiger partial charge in [-0.1, -0.05) is 11.8 Å². The second-order valence-electron chi connectivity index (χ2n) is 5.72. The van der Waals surface area contributed by atoms with E-state index in [1.807, 2.05) is 18.2 Å². The van der Waals surface area contributed by atoms with Crippen LogP contribution in [0.1, 0.15) is 6.92 Å². The molecule has 0 spiro atoms. The summed E-state index contributed by atoms with van der Waals surface area (Å²) < 4.78 is 17.9. The molecule has 1 saturated heterocycles. The Bertz CT molecular complexity index is 696. The molecule has 8 nitrogen and oxygen atoms in total. The molecule has 1 fully saturated rings. The maximum absolute atomic E-state index is 5.48. The first-order chi connectivity index (χ1) is 12.2. The van der Waals surface area contributed by atoms with Crippen molar-refractivity contribution in [1.82, 2.24) is 25.1 Å². The first-order valence-corrected chi connectivity index (χ1v) is 9.17. The molecule has 0 bridgehead atoms. The Labute approximate surface area is 151 Å². The quantitative estimate of drug-likeness (QED) is 0.683. The third-order valence-electron chi connectivity index (χ3n) is 4.17. The van der Waals surface area contributed by atoms with Crippen molar-refractivity contribution < 1.29 is 14.2 Å². The zero-order valence-corrected chi connectivity index (χ0v) is 15.5. The second-order valence-corrected chi connectivity index (χ2v) is 6.78. The van der Waals surface area contributed by atoms with Crippen molar-refractivity contribution in [2.75, 3.05) is 46.3 Å². The molecule has 136 valence electrons. The van der Waals surface area contributed by atoms with Crippen molar-refractivity contribution in [3.63, 3.8) is 0 Å². The monoisotopic (exact) mass is 365 g/mol. The molecule has 0 N–H and O–H groups in total. The van der Waals surface area contributed by atoms with Gasteiger partial charge in [0.1, 0.15) is 17.2 Å². The number of hydrogen-bond acceptors (Lipinski definition) is 8. The van der Waals surface area contributed by atoms with E-state index in [0.717, 1.165) is 48.6 Å². The lowest BCUT2D eigenvalue weighted by Crippen LogP contribution is -2.44. The highest BCUT2D eigenvalue weighted by Gasteiger charge is 2.19. The van der Waals surface area contributed by atoms with Crippen molar-refractivity contribution in [2.45, 2.75) is 18.1 Å². The van der Waals surface area contributed by atoms with Crippen LogP contribution in [0, 0.1) is 0 Å². The van der Waals surface area contributed by atoms with E-state index in [9.17, 15) is 0 Å². The summed E-state index contributed by atoms with van der Waals surface area (Å²) in [6.45, 7) is 5.72. The number of morpholine rings is 1. The molecule has 3 rings (SSSR count). The molecule has 0 aliphatic carbocycles. The minimum atomic E-state index is 0.448. The number of methoxy groups -OCH3 is 2. The van der Waals surface area contributed by atoms with Crippen molar-refractivity contribution in [1.29, 1.82) is 0 Å². The van der Waals surface area contributed by atoms with E-state index in [4.69, 9.17) is 14.2 Å². The Balaban J connectivity index is 1.70. The highest BCUT2D eigenvalue weighted by atomic mass is 32.2. The molecular weight excluding hydrogens is 342 g/mol. The summed E-state index contributed by atoms with van der Waals surface area (Å²) >= 11 is 1.62. The molecule has 9 heteroatoms. The van der Waals surface area contributed by atoms with E-state index in [1.165, 1.54) is 0 Å². The minimum absolute atomic E-state index is 0.448. The lowest BCUT2D eigenvalue weighted by Gasteiger charge is -2.32. The topological polar surface area (TPSA) is 74.5 Å². The van der Waals surface area contributed by atoms with Gasteiger partial charge in [0.15, 0.2) is 0 Å². The average Bonchev–Trinajstić information content (AvgIpc) is 3.11. The largest absolute Gasteiger partial charge is 0.497 e. The van der Waals surface area contributed by atoms with E-state index in [-0.39, 0.29) is 0 Å². The molecular formula is C16H23N5O3S. The Morgan fingerprint density at radius 2 is 2.20 bits per heavy atom. The van der Waals surface area contributed by atoms with Gasteiger partial charge in [-0.2, -0.15) is 4.68 Å². The maximum Gasteiger partial charge on any atom is 0.214 e. The lowest BCUT2D eigenvalue weighted by molar-refractivity contribution is 0.00298. The number of nitrogens with zero attached hydrogens (tertiary/aromatic N) is 5. The van der Waals surface area contributed by atoms with Gasteiger partial charge in [-0.3, -0.25) is 4.90 Å². The Hall–Kier alpha value is -1.84. The molecule has 0 radical (unpaired) electrons. The summed E-state index contributed by atoms with van der Waals surface area (Å²) in [6, 6.07) is 6.01. The number of hydrogen-bond donors (Lipinski definition) is 0. The van der Waals surface area contributed by atoms with Crippen molar-refractivity contribution in [3.05, 3.63) is 18.2 Å². The van der Waals surface area contributed by atoms with Crippen LogP contribution in [0.5, 0.6) is 11.5 Å². The van der Waals surface area contributed by atoms with Gasteiger partial charge in [0.05, 0.1) is 27.4 Å². The van der Waals surface area contributed by atoms with Crippen molar-refractivity contribution in [3.8, 4) is 17.2 Å². The third kappa shape index (κ3) is 4.23. The highest BCUT2D eigenvalue weighted by molar-refractivity contribution is 7.99. The molecule has 2 heterocycles. The summed E-state index contributed by atoms with van der Waals surface area (Å²) in [5, 5.41) is 12.8. The Kier molecular flexibility index (Phi) is 6.11. The number of tetrazole rings is 1. The van der Waals surface area contributed by atoms with Gasteiger partial charge in [0.25, 0.3) is 0 Å². The van der Waals surface area contributed by atoms with Crippen molar-refractivity contribution >= 4 is 11.8 Å². The molecule has 1 aliphatic rings. The Morgan fingerprint density at radius 1 is 1.32 bits per heavy atom. The number of ether oxygens (including phenoxy) is 3.